The summed E-state index contributed by atoms with van der Waals surface area (Å²) in [5, 5.41) is 1.34. The molecule has 0 amide bonds. The second-order valence-corrected chi connectivity index (χ2v) is 9.51. The van der Waals surface area contributed by atoms with Gasteiger partial charge in [0.2, 0.25) is 0 Å². The Kier molecular flexibility index (Phi) is 4.68. The predicted molar refractivity (Wildman–Crippen MR) is 114 cm³/mol. The van der Waals surface area contributed by atoms with Crippen molar-refractivity contribution in [1.29, 1.82) is 0 Å². The number of nitrogens with one attached hydrogen (secondary N) is 1. The summed E-state index contributed by atoms with van der Waals surface area (Å²) in [5.74, 6) is 0.840. The zero-order chi connectivity index (χ0) is 20.1. The molecule has 1 saturated carbocycles. The maximum Gasteiger partial charge on any atom is 0.312 e. The minimum atomic E-state index is -0.393. The van der Waals surface area contributed by atoms with Crippen molar-refractivity contribution in [2.45, 2.75) is 59.8 Å². The molecule has 1 N–H and O–H groups in total. The summed E-state index contributed by atoms with van der Waals surface area (Å²) in [5.41, 5.74) is 5.08. The van der Waals surface area contributed by atoms with E-state index in [0.717, 1.165) is 32.1 Å². The van der Waals surface area contributed by atoms with Crippen molar-refractivity contribution in [3.8, 4) is 0 Å². The maximum absolute atomic E-state index is 12.7. The molecule has 3 nitrogen and oxygen atoms in total. The number of para-hydroxylation sites is 1. The molecule has 3 heteroatoms. The summed E-state index contributed by atoms with van der Waals surface area (Å²) in [7, 11) is 1.53. The molecule has 1 aromatic heterocycles. The van der Waals surface area contributed by atoms with Gasteiger partial charge in [-0.2, -0.15) is 0 Å². The lowest BCUT2D eigenvalue weighted by atomic mass is 9.51. The van der Waals surface area contributed by atoms with E-state index in [0.29, 0.717) is 11.8 Å². The minimum absolute atomic E-state index is 0.0386. The first-order chi connectivity index (χ1) is 13.3. The first-order valence-corrected chi connectivity index (χ1v) is 10.7. The van der Waals surface area contributed by atoms with Crippen LogP contribution in [0, 0.1) is 29.6 Å². The fraction of sp³-hybridized carbons (Fsp3) is 0.560. The number of esters is 1. The molecule has 4 rings (SSSR count). The van der Waals surface area contributed by atoms with Gasteiger partial charge in [0.1, 0.15) is 0 Å². The van der Waals surface area contributed by atoms with E-state index in [1.807, 2.05) is 0 Å². The number of carbonyl (C=O) groups is 1. The third-order valence-corrected chi connectivity index (χ3v) is 8.03. The molecule has 1 aromatic carbocycles. The van der Waals surface area contributed by atoms with Gasteiger partial charge in [0, 0.05) is 16.6 Å². The Balaban J connectivity index is 1.77. The lowest BCUT2D eigenvalue weighted by Gasteiger charge is -2.52. The number of aromatic amines is 1. The highest BCUT2D eigenvalue weighted by molar-refractivity contribution is 5.84. The van der Waals surface area contributed by atoms with Crippen LogP contribution in [0.3, 0.4) is 0 Å². The summed E-state index contributed by atoms with van der Waals surface area (Å²) in [6.45, 7) is 9.15. The zero-order valence-corrected chi connectivity index (χ0v) is 17.9. The average molecular weight is 380 g/mol. The Morgan fingerprint density at radius 3 is 2.75 bits per heavy atom. The summed E-state index contributed by atoms with van der Waals surface area (Å²) in [6, 6.07) is 8.61. The van der Waals surface area contributed by atoms with Crippen molar-refractivity contribution < 1.29 is 9.53 Å². The Hall–Kier alpha value is -2.03. The highest BCUT2D eigenvalue weighted by atomic mass is 16.5. The van der Waals surface area contributed by atoms with Crippen molar-refractivity contribution in [1.82, 2.24) is 4.98 Å². The fourth-order valence-corrected chi connectivity index (χ4v) is 6.00. The topological polar surface area (TPSA) is 42.1 Å². The average Bonchev–Trinajstić information content (AvgIpc) is 3.00. The van der Waals surface area contributed by atoms with Gasteiger partial charge in [-0.1, -0.05) is 43.7 Å². The molecular formula is C25H33NO2. The fourth-order valence-electron chi connectivity index (χ4n) is 6.00. The van der Waals surface area contributed by atoms with Crippen molar-refractivity contribution in [2.75, 3.05) is 7.11 Å². The number of benzene rings is 1. The van der Waals surface area contributed by atoms with E-state index in [1.54, 1.807) is 0 Å². The largest absolute Gasteiger partial charge is 0.469 e. The van der Waals surface area contributed by atoms with Crippen LogP contribution >= 0.6 is 0 Å². The molecular weight excluding hydrogens is 346 g/mol. The smallest absolute Gasteiger partial charge is 0.312 e. The zero-order valence-electron chi connectivity index (χ0n) is 17.9. The van der Waals surface area contributed by atoms with Crippen LogP contribution in [0.1, 0.15) is 57.7 Å². The normalized spacial score (nSPS) is 32.7. The Labute approximate surface area is 168 Å². The van der Waals surface area contributed by atoms with Crippen LogP contribution in [0.4, 0.5) is 0 Å². The van der Waals surface area contributed by atoms with Crippen LogP contribution in [0.25, 0.3) is 10.9 Å². The van der Waals surface area contributed by atoms with Gasteiger partial charge in [-0.3, -0.25) is 4.79 Å². The molecule has 1 fully saturated rings. The second-order valence-electron chi connectivity index (χ2n) is 9.51. The summed E-state index contributed by atoms with van der Waals surface area (Å²) < 4.78 is 5.25. The number of ether oxygens (including phenoxy) is 1. The first-order valence-electron chi connectivity index (χ1n) is 10.7. The Bertz CT molecular complexity index is 939. The number of hydrogen-bond donors (Lipinski definition) is 1. The number of rotatable bonds is 3. The van der Waals surface area contributed by atoms with Crippen molar-refractivity contribution in [2.24, 2.45) is 22.7 Å². The molecule has 0 bridgehead atoms. The molecule has 4 atom stereocenters. The number of carbonyl (C=O) groups excluding carboxylic acids is 1. The van der Waals surface area contributed by atoms with Gasteiger partial charge in [0.25, 0.3) is 0 Å². The van der Waals surface area contributed by atoms with E-state index >= 15 is 0 Å². The van der Waals surface area contributed by atoms with Crippen molar-refractivity contribution in [3.63, 3.8) is 0 Å². The van der Waals surface area contributed by atoms with Gasteiger partial charge in [0.15, 0.2) is 0 Å². The molecule has 2 aliphatic carbocycles. The summed E-state index contributed by atoms with van der Waals surface area (Å²) in [6.07, 6.45) is 7.57. The number of allylic oxidation sites excluding steroid dienone is 2. The number of aryl methyl sites for hydroxylation is 1. The lowest BCUT2D eigenvalue weighted by Crippen LogP contribution is -2.48. The van der Waals surface area contributed by atoms with Crippen LogP contribution in [-0.2, 0) is 16.0 Å². The number of H-pyrrole nitrogens is 1. The summed E-state index contributed by atoms with van der Waals surface area (Å²) in [4.78, 5) is 16.3. The molecule has 1 heterocycles. The number of aromatic nitrogens is 1. The summed E-state index contributed by atoms with van der Waals surface area (Å²) >= 11 is 0. The molecule has 150 valence electrons. The van der Waals surface area contributed by atoms with Gasteiger partial charge in [-0.05, 0) is 74.8 Å². The molecule has 0 unspecified atom stereocenters. The molecule has 0 saturated heterocycles. The van der Waals surface area contributed by atoms with Gasteiger partial charge in [-0.15, -0.1) is 0 Å². The van der Waals surface area contributed by atoms with Gasteiger partial charge >= 0.3 is 5.97 Å². The quantitative estimate of drug-likeness (QED) is 0.527. The Morgan fingerprint density at radius 1 is 1.25 bits per heavy atom. The molecule has 0 radical (unpaired) electrons. The monoisotopic (exact) mass is 379 g/mol. The minimum Gasteiger partial charge on any atom is -0.469 e. The van der Waals surface area contributed by atoms with E-state index in [1.165, 1.54) is 34.8 Å². The van der Waals surface area contributed by atoms with Crippen LogP contribution in [0.2, 0.25) is 0 Å². The Morgan fingerprint density at radius 2 is 2.00 bits per heavy atom. The lowest BCUT2D eigenvalue weighted by molar-refractivity contribution is -0.156. The van der Waals surface area contributed by atoms with Crippen LogP contribution < -0.4 is 0 Å². The SMILES string of the molecule is COC(=O)[C@@]1(C)CCC=C2[C@@H]1CC[C@@H](C)[C@]2(C)Cc1c(C)[nH]c2ccccc12. The van der Waals surface area contributed by atoms with E-state index in [2.05, 4.69) is 63.0 Å². The molecule has 2 aliphatic rings. The molecule has 2 aromatic rings. The number of methoxy groups -OCH3 is 1. The predicted octanol–water partition coefficient (Wildman–Crippen LogP) is 5.97. The van der Waals surface area contributed by atoms with E-state index in [-0.39, 0.29) is 11.4 Å². The third-order valence-electron chi connectivity index (χ3n) is 8.03. The number of hydrogen-bond acceptors (Lipinski definition) is 2. The standard InChI is InChI=1S/C25H33NO2/c1-16-12-13-21-20(10-8-14-24(21,3)23(27)28-5)25(16,4)15-19-17(2)26-22-11-7-6-9-18(19)22/h6-7,9-11,16,21,26H,8,12-15H2,1-5H3/t16-,21+,24+,25+/m1/s1. The number of fused-ring (bicyclic) bond motifs is 2. The molecule has 0 spiro atoms. The van der Waals surface area contributed by atoms with Crippen molar-refractivity contribution >= 4 is 16.9 Å². The highest BCUT2D eigenvalue weighted by Gasteiger charge is 2.53. The third kappa shape index (κ3) is 2.74. The van der Waals surface area contributed by atoms with Gasteiger partial charge in [-0.25, -0.2) is 0 Å². The van der Waals surface area contributed by atoms with Crippen LogP contribution in [0.5, 0.6) is 0 Å². The second kappa shape index (κ2) is 6.79. The van der Waals surface area contributed by atoms with Crippen LogP contribution in [0.15, 0.2) is 35.9 Å². The van der Waals surface area contributed by atoms with E-state index in [9.17, 15) is 4.79 Å². The maximum atomic E-state index is 12.7. The van der Waals surface area contributed by atoms with Crippen molar-refractivity contribution in [3.05, 3.63) is 47.2 Å². The van der Waals surface area contributed by atoms with Gasteiger partial charge in [0.05, 0.1) is 12.5 Å². The van der Waals surface area contributed by atoms with Gasteiger partial charge < -0.3 is 9.72 Å². The highest BCUT2D eigenvalue weighted by Crippen LogP contribution is 2.58. The molecule has 0 aliphatic heterocycles. The van der Waals surface area contributed by atoms with Crippen LogP contribution in [-0.4, -0.2) is 18.1 Å². The molecule has 28 heavy (non-hydrogen) atoms. The van der Waals surface area contributed by atoms with E-state index in [4.69, 9.17) is 4.74 Å². The first kappa shape index (κ1) is 19.3. The van der Waals surface area contributed by atoms with E-state index < -0.39 is 5.41 Å².